The molecular formula is C15H29NOS. The third-order valence-corrected chi connectivity index (χ3v) is 5.75. The van der Waals surface area contributed by atoms with Crippen molar-refractivity contribution in [3.05, 3.63) is 0 Å². The fraction of sp³-hybridized carbons (Fsp3) is 1.00. The van der Waals surface area contributed by atoms with Crippen molar-refractivity contribution < 1.29 is 4.74 Å². The van der Waals surface area contributed by atoms with Gasteiger partial charge in [-0.1, -0.05) is 32.6 Å². The SMILES string of the molecule is CCNC1CCCCCCC1SCC1CCCO1. The second kappa shape index (κ2) is 8.44. The molecule has 0 bridgehead atoms. The van der Waals surface area contributed by atoms with Gasteiger partial charge in [0.25, 0.3) is 0 Å². The van der Waals surface area contributed by atoms with E-state index in [-0.39, 0.29) is 0 Å². The molecule has 1 heterocycles. The highest BCUT2D eigenvalue weighted by Crippen LogP contribution is 2.29. The first-order valence-corrected chi connectivity index (χ1v) is 8.91. The van der Waals surface area contributed by atoms with Crippen molar-refractivity contribution in [1.82, 2.24) is 5.32 Å². The van der Waals surface area contributed by atoms with E-state index in [9.17, 15) is 0 Å². The number of hydrogen-bond acceptors (Lipinski definition) is 3. The maximum absolute atomic E-state index is 5.75. The van der Waals surface area contributed by atoms with Crippen LogP contribution in [-0.2, 0) is 4.74 Å². The van der Waals surface area contributed by atoms with Gasteiger partial charge in [0.15, 0.2) is 0 Å². The molecular weight excluding hydrogens is 242 g/mol. The second-order valence-corrected chi connectivity index (χ2v) is 6.93. The predicted octanol–water partition coefficient (Wildman–Crippen LogP) is 3.60. The van der Waals surface area contributed by atoms with Gasteiger partial charge in [0, 0.05) is 23.7 Å². The fourth-order valence-electron chi connectivity index (χ4n) is 3.15. The first-order valence-electron chi connectivity index (χ1n) is 7.86. The van der Waals surface area contributed by atoms with E-state index in [1.807, 2.05) is 0 Å². The molecule has 2 nitrogen and oxygen atoms in total. The van der Waals surface area contributed by atoms with Crippen molar-refractivity contribution >= 4 is 11.8 Å². The van der Waals surface area contributed by atoms with Crippen molar-refractivity contribution in [2.75, 3.05) is 18.9 Å². The van der Waals surface area contributed by atoms with Gasteiger partial charge in [0.2, 0.25) is 0 Å². The molecule has 0 aromatic heterocycles. The summed E-state index contributed by atoms with van der Waals surface area (Å²) in [7, 11) is 0. The molecule has 0 aromatic carbocycles. The van der Waals surface area contributed by atoms with Crippen LogP contribution >= 0.6 is 11.8 Å². The quantitative estimate of drug-likeness (QED) is 0.825. The molecule has 0 spiro atoms. The lowest BCUT2D eigenvalue weighted by Gasteiger charge is -2.30. The van der Waals surface area contributed by atoms with E-state index >= 15 is 0 Å². The van der Waals surface area contributed by atoms with E-state index in [0.29, 0.717) is 6.10 Å². The highest BCUT2D eigenvalue weighted by atomic mass is 32.2. The molecule has 3 atom stereocenters. The molecule has 3 heteroatoms. The molecule has 0 aromatic rings. The Bertz CT molecular complexity index is 219. The Morgan fingerprint density at radius 3 is 2.61 bits per heavy atom. The maximum atomic E-state index is 5.75. The van der Waals surface area contributed by atoms with Gasteiger partial charge in [0.05, 0.1) is 6.10 Å². The smallest absolute Gasteiger partial charge is 0.0666 e. The van der Waals surface area contributed by atoms with Gasteiger partial charge in [-0.2, -0.15) is 11.8 Å². The Balaban J connectivity index is 1.79. The molecule has 1 saturated heterocycles. The molecule has 1 aliphatic carbocycles. The van der Waals surface area contributed by atoms with Crippen molar-refractivity contribution in [2.24, 2.45) is 0 Å². The molecule has 1 N–H and O–H groups in total. The minimum atomic E-state index is 0.544. The van der Waals surface area contributed by atoms with Gasteiger partial charge in [-0.25, -0.2) is 0 Å². The molecule has 2 rings (SSSR count). The summed E-state index contributed by atoms with van der Waals surface area (Å²) in [5.74, 6) is 1.21. The Labute approximate surface area is 117 Å². The lowest BCUT2D eigenvalue weighted by molar-refractivity contribution is 0.128. The molecule has 106 valence electrons. The highest BCUT2D eigenvalue weighted by molar-refractivity contribution is 8.00. The van der Waals surface area contributed by atoms with Crippen LogP contribution in [0.25, 0.3) is 0 Å². The van der Waals surface area contributed by atoms with Gasteiger partial charge < -0.3 is 10.1 Å². The van der Waals surface area contributed by atoms with E-state index in [1.165, 1.54) is 57.1 Å². The Morgan fingerprint density at radius 2 is 1.89 bits per heavy atom. The maximum Gasteiger partial charge on any atom is 0.0666 e. The molecule has 2 fully saturated rings. The summed E-state index contributed by atoms with van der Waals surface area (Å²) in [4.78, 5) is 0. The Kier molecular flexibility index (Phi) is 6.88. The standard InChI is InChI=1S/C15H29NOS/c1-2-16-14-9-5-3-4-6-10-15(14)18-12-13-8-7-11-17-13/h13-16H,2-12H2,1H3. The predicted molar refractivity (Wildman–Crippen MR) is 80.4 cm³/mol. The third-order valence-electron chi connectivity index (χ3n) is 4.19. The zero-order chi connectivity index (χ0) is 12.6. The van der Waals surface area contributed by atoms with Crippen molar-refractivity contribution in [3.63, 3.8) is 0 Å². The van der Waals surface area contributed by atoms with Crippen LogP contribution in [0.5, 0.6) is 0 Å². The van der Waals surface area contributed by atoms with Crippen LogP contribution in [0.2, 0.25) is 0 Å². The van der Waals surface area contributed by atoms with Crippen LogP contribution in [-0.4, -0.2) is 36.3 Å². The van der Waals surface area contributed by atoms with Crippen LogP contribution in [0.3, 0.4) is 0 Å². The molecule has 18 heavy (non-hydrogen) atoms. The minimum absolute atomic E-state index is 0.544. The fourth-order valence-corrected chi connectivity index (χ4v) is 4.67. The van der Waals surface area contributed by atoms with Crippen molar-refractivity contribution in [2.45, 2.75) is 75.7 Å². The lowest BCUT2D eigenvalue weighted by Crippen LogP contribution is -2.39. The van der Waals surface area contributed by atoms with Crippen LogP contribution in [0.1, 0.15) is 58.3 Å². The van der Waals surface area contributed by atoms with E-state index < -0.39 is 0 Å². The summed E-state index contributed by atoms with van der Waals surface area (Å²) >= 11 is 2.18. The first-order chi connectivity index (χ1) is 8.90. The van der Waals surface area contributed by atoms with E-state index in [2.05, 4.69) is 24.0 Å². The van der Waals surface area contributed by atoms with Gasteiger partial charge in [-0.05, 0) is 32.2 Å². The monoisotopic (exact) mass is 271 g/mol. The normalized spacial score (nSPS) is 34.2. The summed E-state index contributed by atoms with van der Waals surface area (Å²) in [5.41, 5.74) is 0. The summed E-state index contributed by atoms with van der Waals surface area (Å²) in [5, 5.41) is 4.53. The molecule has 0 radical (unpaired) electrons. The van der Waals surface area contributed by atoms with Crippen molar-refractivity contribution in [3.8, 4) is 0 Å². The molecule has 2 aliphatic rings. The van der Waals surface area contributed by atoms with Gasteiger partial charge in [-0.15, -0.1) is 0 Å². The highest BCUT2D eigenvalue weighted by Gasteiger charge is 2.24. The number of hydrogen-bond donors (Lipinski definition) is 1. The number of nitrogens with one attached hydrogen (secondary N) is 1. The number of ether oxygens (including phenoxy) is 1. The minimum Gasteiger partial charge on any atom is -0.377 e. The van der Waals surface area contributed by atoms with Crippen LogP contribution < -0.4 is 5.32 Å². The molecule has 1 aliphatic heterocycles. The van der Waals surface area contributed by atoms with E-state index in [1.54, 1.807) is 0 Å². The topological polar surface area (TPSA) is 21.3 Å². The summed E-state index contributed by atoms with van der Waals surface area (Å²) in [6, 6.07) is 0.738. The zero-order valence-corrected chi connectivity index (χ0v) is 12.6. The largest absolute Gasteiger partial charge is 0.377 e. The van der Waals surface area contributed by atoms with Crippen LogP contribution in [0, 0.1) is 0 Å². The summed E-state index contributed by atoms with van der Waals surface area (Å²) in [6.07, 6.45) is 11.6. The molecule has 1 saturated carbocycles. The van der Waals surface area contributed by atoms with Gasteiger partial charge >= 0.3 is 0 Å². The number of rotatable bonds is 5. The Morgan fingerprint density at radius 1 is 1.06 bits per heavy atom. The van der Waals surface area contributed by atoms with E-state index in [4.69, 9.17) is 4.74 Å². The molecule has 3 unspecified atom stereocenters. The average molecular weight is 271 g/mol. The molecule has 0 amide bonds. The first kappa shape index (κ1) is 14.7. The van der Waals surface area contributed by atoms with Gasteiger partial charge in [0.1, 0.15) is 0 Å². The lowest BCUT2D eigenvalue weighted by atomic mass is 9.96. The Hall–Kier alpha value is 0.270. The average Bonchev–Trinajstić information content (AvgIpc) is 2.85. The summed E-state index contributed by atoms with van der Waals surface area (Å²) < 4.78 is 5.75. The van der Waals surface area contributed by atoms with Crippen LogP contribution in [0.15, 0.2) is 0 Å². The van der Waals surface area contributed by atoms with E-state index in [0.717, 1.165) is 24.4 Å². The number of thioether (sulfide) groups is 1. The summed E-state index contributed by atoms with van der Waals surface area (Å²) in [6.45, 7) is 4.34. The van der Waals surface area contributed by atoms with Crippen LogP contribution in [0.4, 0.5) is 0 Å². The zero-order valence-electron chi connectivity index (χ0n) is 11.8. The second-order valence-electron chi connectivity index (χ2n) is 5.66. The van der Waals surface area contributed by atoms with Gasteiger partial charge in [-0.3, -0.25) is 0 Å². The third kappa shape index (κ3) is 4.75. The van der Waals surface area contributed by atoms with Crippen molar-refractivity contribution in [1.29, 1.82) is 0 Å².